The Morgan fingerprint density at radius 1 is 1.05 bits per heavy atom. The fourth-order valence-corrected chi connectivity index (χ4v) is 1.86. The Balaban J connectivity index is 0.000000541. The number of rotatable bonds is 5. The van der Waals surface area contributed by atoms with Crippen molar-refractivity contribution >= 4 is 17.3 Å². The van der Waals surface area contributed by atoms with E-state index in [1.165, 1.54) is 0 Å². The van der Waals surface area contributed by atoms with Crippen LogP contribution in [0.15, 0.2) is 60.7 Å². The zero-order valence-corrected chi connectivity index (χ0v) is 12.6. The summed E-state index contributed by atoms with van der Waals surface area (Å²) in [5.74, 6) is -0.833. The number of aliphatic hydroxyl groups excluding tert-OH is 1. The highest BCUT2D eigenvalue weighted by molar-refractivity contribution is 5.63. The number of carboxylic acid groups (broad SMARTS) is 1. The summed E-state index contributed by atoms with van der Waals surface area (Å²) >= 11 is 0. The van der Waals surface area contributed by atoms with E-state index in [4.69, 9.17) is 15.6 Å². The molecule has 2 aromatic rings. The number of nitrogens with zero attached hydrogens (tertiary/aromatic N) is 1. The van der Waals surface area contributed by atoms with Crippen LogP contribution in [0.5, 0.6) is 0 Å². The van der Waals surface area contributed by atoms with Crippen LogP contribution in [0.2, 0.25) is 0 Å². The van der Waals surface area contributed by atoms with Crippen molar-refractivity contribution in [3.05, 3.63) is 60.7 Å². The van der Waals surface area contributed by atoms with E-state index in [1.54, 1.807) is 0 Å². The summed E-state index contributed by atoms with van der Waals surface area (Å²) in [5, 5.41) is 17.2. The van der Waals surface area contributed by atoms with Crippen LogP contribution in [-0.2, 0) is 4.79 Å². The Bertz CT molecular complexity index is 503. The highest BCUT2D eigenvalue weighted by Crippen LogP contribution is 2.24. The molecule has 0 aliphatic heterocycles. The zero-order chi connectivity index (χ0) is 16.4. The number of carbonyl (C=O) groups is 1. The van der Waals surface area contributed by atoms with Gasteiger partial charge in [-0.05, 0) is 24.3 Å². The van der Waals surface area contributed by atoms with Crippen molar-refractivity contribution in [3.8, 4) is 0 Å². The lowest BCUT2D eigenvalue weighted by atomic mass is 10.2. The van der Waals surface area contributed by atoms with Crippen LogP contribution in [-0.4, -0.2) is 35.4 Å². The summed E-state index contributed by atoms with van der Waals surface area (Å²) in [4.78, 5) is 11.1. The largest absolute Gasteiger partial charge is 0.481 e. The number of anilines is 2. The fraction of sp³-hybridized carbons (Fsp3) is 0.235. The maximum atomic E-state index is 9.78. The van der Waals surface area contributed by atoms with Crippen molar-refractivity contribution in [1.82, 2.24) is 0 Å². The number of hydrogen-bond acceptors (Lipinski definition) is 4. The molecular weight excluding hydrogens is 280 g/mol. The predicted molar refractivity (Wildman–Crippen MR) is 88.3 cm³/mol. The lowest BCUT2D eigenvalue weighted by Gasteiger charge is -2.27. The number of hydrogen-bond donors (Lipinski definition) is 3. The first-order valence-corrected chi connectivity index (χ1v) is 7.00. The van der Waals surface area contributed by atoms with Crippen LogP contribution < -0.4 is 10.6 Å². The third kappa shape index (κ3) is 6.39. The molecule has 0 aliphatic carbocycles. The molecule has 22 heavy (non-hydrogen) atoms. The molecule has 0 saturated carbocycles. The van der Waals surface area contributed by atoms with Gasteiger partial charge in [0.2, 0.25) is 0 Å². The molecule has 5 nitrogen and oxygen atoms in total. The Morgan fingerprint density at radius 2 is 1.41 bits per heavy atom. The summed E-state index contributed by atoms with van der Waals surface area (Å²) < 4.78 is 0. The monoisotopic (exact) mass is 302 g/mol. The molecule has 0 heterocycles. The lowest BCUT2D eigenvalue weighted by Crippen LogP contribution is -2.33. The van der Waals surface area contributed by atoms with Crippen molar-refractivity contribution in [3.63, 3.8) is 0 Å². The Hall–Kier alpha value is -2.37. The van der Waals surface area contributed by atoms with Gasteiger partial charge >= 0.3 is 0 Å². The van der Waals surface area contributed by atoms with E-state index in [2.05, 4.69) is 4.90 Å². The molecule has 0 aromatic heterocycles. The molecule has 2 rings (SSSR count). The molecule has 5 heteroatoms. The molecule has 0 saturated heterocycles. The molecule has 4 N–H and O–H groups in total. The minimum Gasteiger partial charge on any atom is -0.481 e. The van der Waals surface area contributed by atoms with E-state index in [9.17, 15) is 5.11 Å². The summed E-state index contributed by atoms with van der Waals surface area (Å²) in [5.41, 5.74) is 7.60. The molecular formula is C17H22N2O3. The van der Waals surface area contributed by atoms with Crippen LogP contribution in [0.25, 0.3) is 0 Å². The van der Waals surface area contributed by atoms with Gasteiger partial charge in [-0.15, -0.1) is 0 Å². The highest BCUT2D eigenvalue weighted by Gasteiger charge is 2.12. The zero-order valence-electron chi connectivity index (χ0n) is 12.6. The molecule has 0 unspecified atom stereocenters. The molecule has 118 valence electrons. The van der Waals surface area contributed by atoms with E-state index in [0.717, 1.165) is 18.3 Å². The second-order valence-electron chi connectivity index (χ2n) is 4.69. The minimum absolute atomic E-state index is 0.260. The first-order valence-electron chi connectivity index (χ1n) is 7.00. The standard InChI is InChI=1S/C15H18N2O.C2H4O2/c16-11-15(18)12-17(13-7-3-1-4-8-13)14-9-5-2-6-10-14;1-2(3)4/h1-10,15,18H,11-12,16H2;1H3,(H,3,4)/t15-;/m1./s1. The first kappa shape index (κ1) is 17.7. The maximum absolute atomic E-state index is 9.78. The van der Waals surface area contributed by atoms with Gasteiger partial charge < -0.3 is 20.8 Å². The average molecular weight is 302 g/mol. The van der Waals surface area contributed by atoms with Crippen LogP contribution in [0.3, 0.4) is 0 Å². The number of nitrogens with two attached hydrogens (primary N) is 1. The quantitative estimate of drug-likeness (QED) is 0.788. The van der Waals surface area contributed by atoms with Gasteiger partial charge in [-0.3, -0.25) is 4.79 Å². The fourth-order valence-electron chi connectivity index (χ4n) is 1.86. The van der Waals surface area contributed by atoms with Crippen molar-refractivity contribution in [2.45, 2.75) is 13.0 Å². The smallest absolute Gasteiger partial charge is 0.300 e. The number of aliphatic hydroxyl groups is 1. The third-order valence-corrected chi connectivity index (χ3v) is 2.80. The normalized spacial score (nSPS) is 11.0. The van der Waals surface area contributed by atoms with Crippen LogP contribution >= 0.6 is 0 Å². The van der Waals surface area contributed by atoms with Crippen LogP contribution in [0.1, 0.15) is 6.92 Å². The molecule has 0 bridgehead atoms. The number of aliphatic carboxylic acids is 1. The van der Waals surface area contributed by atoms with E-state index in [1.807, 2.05) is 60.7 Å². The van der Waals surface area contributed by atoms with Crippen molar-refractivity contribution in [1.29, 1.82) is 0 Å². The topological polar surface area (TPSA) is 86.8 Å². The number of para-hydroxylation sites is 2. The molecule has 0 fully saturated rings. The third-order valence-electron chi connectivity index (χ3n) is 2.80. The van der Waals surface area contributed by atoms with Gasteiger partial charge in [0, 0.05) is 24.8 Å². The van der Waals surface area contributed by atoms with Crippen LogP contribution in [0.4, 0.5) is 11.4 Å². The summed E-state index contributed by atoms with van der Waals surface area (Å²) in [7, 11) is 0. The second-order valence-corrected chi connectivity index (χ2v) is 4.69. The van der Waals surface area contributed by atoms with Crippen molar-refractivity contribution in [2.75, 3.05) is 18.0 Å². The van der Waals surface area contributed by atoms with Crippen molar-refractivity contribution < 1.29 is 15.0 Å². The Kier molecular flexibility index (Phi) is 7.67. The Morgan fingerprint density at radius 3 is 1.73 bits per heavy atom. The van der Waals surface area contributed by atoms with Gasteiger partial charge in [-0.25, -0.2) is 0 Å². The van der Waals surface area contributed by atoms with Gasteiger partial charge in [0.15, 0.2) is 0 Å². The Labute approximate surface area is 130 Å². The van der Waals surface area contributed by atoms with Gasteiger partial charge in [-0.1, -0.05) is 36.4 Å². The molecule has 1 atom stereocenters. The predicted octanol–water partition coefficient (Wildman–Crippen LogP) is 2.24. The van der Waals surface area contributed by atoms with E-state index in [-0.39, 0.29) is 6.54 Å². The molecule has 2 aromatic carbocycles. The number of benzene rings is 2. The van der Waals surface area contributed by atoms with Gasteiger partial charge in [0.1, 0.15) is 0 Å². The second kappa shape index (κ2) is 9.55. The average Bonchev–Trinajstić information content (AvgIpc) is 2.53. The van der Waals surface area contributed by atoms with Crippen molar-refractivity contribution in [2.24, 2.45) is 5.73 Å². The number of carboxylic acids is 1. The maximum Gasteiger partial charge on any atom is 0.300 e. The minimum atomic E-state index is -0.833. The van der Waals surface area contributed by atoms with E-state index < -0.39 is 12.1 Å². The van der Waals surface area contributed by atoms with Gasteiger partial charge in [0.25, 0.3) is 5.97 Å². The molecule has 0 radical (unpaired) electrons. The lowest BCUT2D eigenvalue weighted by molar-refractivity contribution is -0.134. The molecule has 0 spiro atoms. The summed E-state index contributed by atoms with van der Waals surface area (Å²) in [6.45, 7) is 1.83. The molecule has 0 amide bonds. The molecule has 0 aliphatic rings. The van der Waals surface area contributed by atoms with Crippen LogP contribution in [0, 0.1) is 0 Å². The van der Waals surface area contributed by atoms with E-state index in [0.29, 0.717) is 6.54 Å². The van der Waals surface area contributed by atoms with E-state index >= 15 is 0 Å². The first-order chi connectivity index (χ1) is 10.5. The van der Waals surface area contributed by atoms with Gasteiger partial charge in [0.05, 0.1) is 12.6 Å². The van der Waals surface area contributed by atoms with Gasteiger partial charge in [-0.2, -0.15) is 0 Å². The highest BCUT2D eigenvalue weighted by atomic mass is 16.4. The SMILES string of the molecule is CC(=O)O.NC[C@@H](O)CN(c1ccccc1)c1ccccc1. The summed E-state index contributed by atoms with van der Waals surface area (Å²) in [6, 6.07) is 20.0. The summed E-state index contributed by atoms with van der Waals surface area (Å²) in [6.07, 6.45) is -0.537.